The SMILES string of the molecule is CC(C)(C)OC(O)N1CCC(COc2ccc(C3=CCC(C(=O)N(CCO)CCO)CC3)cc2)CC1. The molecule has 1 aromatic carbocycles. The number of rotatable bonds is 11. The predicted octanol–water partition coefficient (Wildman–Crippen LogP) is 2.87. The van der Waals surface area contributed by atoms with Crippen molar-refractivity contribution < 1.29 is 29.6 Å². The van der Waals surface area contributed by atoms with Crippen LogP contribution in [0.15, 0.2) is 30.3 Å². The minimum Gasteiger partial charge on any atom is -0.493 e. The maximum Gasteiger partial charge on any atom is 0.226 e. The van der Waals surface area contributed by atoms with E-state index in [1.807, 2.05) is 37.8 Å². The number of ether oxygens (including phenoxy) is 2. The molecule has 0 bridgehead atoms. The van der Waals surface area contributed by atoms with Crippen molar-refractivity contribution in [2.45, 2.75) is 64.9 Å². The molecule has 0 radical (unpaired) electrons. The lowest BCUT2D eigenvalue weighted by molar-refractivity contribution is -0.243. The fraction of sp³-hybridized carbons (Fsp3) is 0.679. The smallest absolute Gasteiger partial charge is 0.226 e. The standard InChI is InChI=1S/C28H44N2O6/c1-28(2,3)36-27(34)30-14-12-21(13-15-30)20-35-25-10-8-23(9-11-25)22-4-6-24(7-5-22)26(33)29(16-18-31)17-19-32/h4,8-11,21,24,27,31-32,34H,5-7,12-20H2,1-3H3. The highest BCUT2D eigenvalue weighted by Crippen LogP contribution is 2.32. The molecule has 2 atom stereocenters. The van der Waals surface area contributed by atoms with Crippen LogP contribution in [0.3, 0.4) is 0 Å². The lowest BCUT2D eigenvalue weighted by Crippen LogP contribution is -2.46. The monoisotopic (exact) mass is 504 g/mol. The number of hydrogen-bond donors (Lipinski definition) is 3. The van der Waals surface area contributed by atoms with Crippen LogP contribution in [0, 0.1) is 11.8 Å². The van der Waals surface area contributed by atoms with Gasteiger partial charge in [-0.15, -0.1) is 0 Å². The molecule has 8 heteroatoms. The Morgan fingerprint density at radius 1 is 1.08 bits per heavy atom. The zero-order valence-corrected chi connectivity index (χ0v) is 22.1. The number of nitrogens with zero attached hydrogens (tertiary/aromatic N) is 2. The van der Waals surface area contributed by atoms with Gasteiger partial charge in [-0.25, -0.2) is 0 Å². The number of hydrogen-bond acceptors (Lipinski definition) is 7. The average molecular weight is 505 g/mol. The maximum atomic E-state index is 12.7. The molecule has 2 aliphatic rings. The number of amides is 1. The molecule has 36 heavy (non-hydrogen) atoms. The molecule has 2 unspecified atom stereocenters. The number of piperidine rings is 1. The Morgan fingerprint density at radius 3 is 2.25 bits per heavy atom. The van der Waals surface area contributed by atoms with E-state index in [0.29, 0.717) is 18.9 Å². The number of aliphatic hydroxyl groups is 3. The van der Waals surface area contributed by atoms with Crippen LogP contribution in [-0.4, -0.2) is 89.0 Å². The highest BCUT2D eigenvalue weighted by Gasteiger charge is 2.28. The first-order valence-electron chi connectivity index (χ1n) is 13.2. The lowest BCUT2D eigenvalue weighted by Gasteiger charge is -2.37. The molecule has 1 saturated heterocycles. The molecule has 0 aromatic heterocycles. The number of carbonyl (C=O) groups is 1. The maximum absolute atomic E-state index is 12.7. The van der Waals surface area contributed by atoms with E-state index in [2.05, 4.69) is 18.2 Å². The molecule has 0 saturated carbocycles. The first-order valence-corrected chi connectivity index (χ1v) is 13.2. The van der Waals surface area contributed by atoms with Crippen LogP contribution < -0.4 is 4.74 Å². The zero-order chi connectivity index (χ0) is 26.1. The quantitative estimate of drug-likeness (QED) is 0.398. The molecule has 3 rings (SSSR count). The van der Waals surface area contributed by atoms with E-state index >= 15 is 0 Å². The highest BCUT2D eigenvalue weighted by atomic mass is 16.6. The number of allylic oxidation sites excluding steroid dienone is 2. The van der Waals surface area contributed by atoms with Crippen molar-refractivity contribution in [1.29, 1.82) is 0 Å². The summed E-state index contributed by atoms with van der Waals surface area (Å²) in [7, 11) is 0. The van der Waals surface area contributed by atoms with Gasteiger partial charge in [-0.3, -0.25) is 9.69 Å². The van der Waals surface area contributed by atoms with E-state index < -0.39 is 6.41 Å². The van der Waals surface area contributed by atoms with Gasteiger partial charge in [0.05, 0.1) is 25.4 Å². The molecule has 1 fully saturated rings. The van der Waals surface area contributed by atoms with Gasteiger partial charge < -0.3 is 29.7 Å². The first kappa shape index (κ1) is 28.6. The fourth-order valence-corrected chi connectivity index (χ4v) is 4.86. The van der Waals surface area contributed by atoms with Gasteiger partial charge in [-0.2, -0.15) is 0 Å². The second kappa shape index (κ2) is 13.5. The molecular weight excluding hydrogens is 460 g/mol. The number of aliphatic hydroxyl groups excluding tert-OH is 3. The van der Waals surface area contributed by atoms with Crippen LogP contribution in [0.4, 0.5) is 0 Å². The average Bonchev–Trinajstić information content (AvgIpc) is 2.86. The minimum absolute atomic E-state index is 0.0132. The van der Waals surface area contributed by atoms with Crippen LogP contribution in [0.5, 0.6) is 5.75 Å². The van der Waals surface area contributed by atoms with Crippen molar-refractivity contribution in [2.75, 3.05) is 46.0 Å². The lowest BCUT2D eigenvalue weighted by atomic mass is 9.85. The molecule has 1 aliphatic heterocycles. The van der Waals surface area contributed by atoms with Gasteiger partial charge in [0.1, 0.15) is 5.75 Å². The Morgan fingerprint density at radius 2 is 1.72 bits per heavy atom. The largest absolute Gasteiger partial charge is 0.493 e. The van der Waals surface area contributed by atoms with E-state index in [9.17, 15) is 20.1 Å². The number of likely N-dealkylation sites (tertiary alicyclic amines) is 1. The van der Waals surface area contributed by atoms with Gasteiger partial charge in [-0.05, 0) is 82.1 Å². The number of carbonyl (C=O) groups excluding carboxylic acids is 1. The van der Waals surface area contributed by atoms with Crippen molar-refractivity contribution in [3.05, 3.63) is 35.9 Å². The van der Waals surface area contributed by atoms with Crippen LogP contribution in [0.2, 0.25) is 0 Å². The molecule has 1 aromatic rings. The topological polar surface area (TPSA) is 103 Å². The fourth-order valence-electron chi connectivity index (χ4n) is 4.86. The minimum atomic E-state index is -0.859. The van der Waals surface area contributed by atoms with Gasteiger partial charge in [0, 0.05) is 32.1 Å². The van der Waals surface area contributed by atoms with Gasteiger partial charge in [-0.1, -0.05) is 18.2 Å². The van der Waals surface area contributed by atoms with Gasteiger partial charge in [0.25, 0.3) is 0 Å². The third-order valence-corrected chi connectivity index (χ3v) is 6.94. The summed E-state index contributed by atoms with van der Waals surface area (Å²) in [6.45, 7) is 8.41. The van der Waals surface area contributed by atoms with Crippen LogP contribution in [0.25, 0.3) is 5.57 Å². The Hall–Kier alpha value is -1.97. The second-order valence-electron chi connectivity index (χ2n) is 10.8. The van der Waals surface area contributed by atoms with E-state index in [4.69, 9.17) is 9.47 Å². The summed E-state index contributed by atoms with van der Waals surface area (Å²) in [5, 5.41) is 28.7. The van der Waals surface area contributed by atoms with Crippen molar-refractivity contribution in [1.82, 2.24) is 9.80 Å². The molecule has 1 aliphatic carbocycles. The predicted molar refractivity (Wildman–Crippen MR) is 139 cm³/mol. The van der Waals surface area contributed by atoms with Gasteiger partial charge in [0.15, 0.2) is 0 Å². The van der Waals surface area contributed by atoms with Gasteiger partial charge in [0.2, 0.25) is 12.3 Å². The molecule has 202 valence electrons. The summed E-state index contributed by atoms with van der Waals surface area (Å²) < 4.78 is 11.7. The first-order chi connectivity index (χ1) is 17.2. The third kappa shape index (κ3) is 8.56. The second-order valence-corrected chi connectivity index (χ2v) is 10.8. The molecule has 8 nitrogen and oxygen atoms in total. The molecular formula is C28H44N2O6. The Kier molecular flexibility index (Phi) is 10.8. The van der Waals surface area contributed by atoms with Crippen molar-refractivity contribution in [3.8, 4) is 5.75 Å². The zero-order valence-electron chi connectivity index (χ0n) is 22.1. The summed E-state index contributed by atoms with van der Waals surface area (Å²) in [5.41, 5.74) is 2.02. The van der Waals surface area contributed by atoms with Gasteiger partial charge >= 0.3 is 0 Å². The summed E-state index contributed by atoms with van der Waals surface area (Å²) in [6, 6.07) is 8.17. The van der Waals surface area contributed by atoms with Crippen molar-refractivity contribution in [2.24, 2.45) is 11.8 Å². The van der Waals surface area contributed by atoms with Crippen LogP contribution in [-0.2, 0) is 9.53 Å². The van der Waals surface area contributed by atoms with E-state index in [1.54, 1.807) is 4.90 Å². The molecule has 0 spiro atoms. The Bertz CT molecular complexity index is 837. The third-order valence-electron chi connectivity index (χ3n) is 6.94. The van der Waals surface area contributed by atoms with Crippen LogP contribution >= 0.6 is 0 Å². The Balaban J connectivity index is 1.43. The number of benzene rings is 1. The van der Waals surface area contributed by atoms with E-state index in [0.717, 1.165) is 50.1 Å². The van der Waals surface area contributed by atoms with Crippen LogP contribution in [0.1, 0.15) is 58.4 Å². The summed E-state index contributed by atoms with van der Waals surface area (Å²) in [5.74, 6) is 1.22. The summed E-state index contributed by atoms with van der Waals surface area (Å²) in [4.78, 5) is 16.2. The van der Waals surface area contributed by atoms with Crippen molar-refractivity contribution in [3.63, 3.8) is 0 Å². The summed E-state index contributed by atoms with van der Waals surface area (Å²) in [6.07, 6.45) is 5.47. The normalized spacial score (nSPS) is 20.6. The van der Waals surface area contributed by atoms with E-state index in [-0.39, 0.29) is 43.7 Å². The molecule has 3 N–H and O–H groups in total. The highest BCUT2D eigenvalue weighted by molar-refractivity contribution is 5.80. The molecule has 1 amide bonds. The van der Waals surface area contributed by atoms with Crippen molar-refractivity contribution >= 4 is 11.5 Å². The molecule has 1 heterocycles. The van der Waals surface area contributed by atoms with E-state index in [1.165, 1.54) is 5.57 Å². The Labute approximate surface area is 215 Å². The summed E-state index contributed by atoms with van der Waals surface area (Å²) >= 11 is 0.